The normalized spacial score (nSPS) is 15.1. The van der Waals surface area contributed by atoms with Crippen LogP contribution >= 0.6 is 0 Å². The van der Waals surface area contributed by atoms with Gasteiger partial charge in [-0.15, -0.1) is 0 Å². The van der Waals surface area contributed by atoms with E-state index in [4.69, 9.17) is 0 Å². The first kappa shape index (κ1) is 9.96. The number of hydrogen-bond donors (Lipinski definition) is 0. The summed E-state index contributed by atoms with van der Waals surface area (Å²) in [7, 11) is 1.90. The Morgan fingerprint density at radius 3 is 2.73 bits per heavy atom. The van der Waals surface area contributed by atoms with E-state index in [0.717, 1.165) is 17.9 Å². The molecule has 0 unspecified atom stereocenters. The average Bonchev–Trinajstić information content (AvgIpc) is 2.19. The SMILES string of the molecule is CC(=O)N1CCN(C)c2cc(F)ccc21. The van der Waals surface area contributed by atoms with E-state index in [1.54, 1.807) is 11.0 Å². The average molecular weight is 208 g/mol. The Bertz CT molecular complexity index is 406. The number of fused-ring (bicyclic) bond motifs is 1. The van der Waals surface area contributed by atoms with Gasteiger partial charge >= 0.3 is 0 Å². The summed E-state index contributed by atoms with van der Waals surface area (Å²) in [6.45, 7) is 2.92. The highest BCUT2D eigenvalue weighted by molar-refractivity contribution is 5.96. The molecular formula is C11H13FN2O. The van der Waals surface area contributed by atoms with Crippen LogP contribution in [0.3, 0.4) is 0 Å². The lowest BCUT2D eigenvalue weighted by molar-refractivity contribution is -0.116. The first-order chi connectivity index (χ1) is 7.09. The second-order valence-corrected chi connectivity index (χ2v) is 3.73. The number of hydrogen-bond acceptors (Lipinski definition) is 2. The van der Waals surface area contributed by atoms with Gasteiger partial charge in [0.25, 0.3) is 0 Å². The molecule has 4 heteroatoms. The van der Waals surface area contributed by atoms with Crippen LogP contribution in [0.4, 0.5) is 15.8 Å². The summed E-state index contributed by atoms with van der Waals surface area (Å²) < 4.78 is 13.1. The molecule has 0 saturated carbocycles. The van der Waals surface area contributed by atoms with Crippen molar-refractivity contribution in [2.24, 2.45) is 0 Å². The summed E-state index contributed by atoms with van der Waals surface area (Å²) in [5, 5.41) is 0. The fourth-order valence-electron chi connectivity index (χ4n) is 1.85. The van der Waals surface area contributed by atoms with Gasteiger partial charge in [-0.3, -0.25) is 4.79 Å². The van der Waals surface area contributed by atoms with Crippen LogP contribution in [0.1, 0.15) is 6.92 Å². The number of halogens is 1. The summed E-state index contributed by atoms with van der Waals surface area (Å²) in [6, 6.07) is 4.50. The van der Waals surface area contributed by atoms with Crippen LogP contribution in [0.25, 0.3) is 0 Å². The molecule has 1 aliphatic heterocycles. The lowest BCUT2D eigenvalue weighted by atomic mass is 10.1. The number of carbonyl (C=O) groups is 1. The molecular weight excluding hydrogens is 195 g/mol. The van der Waals surface area contributed by atoms with Gasteiger partial charge in [0.15, 0.2) is 0 Å². The molecule has 3 nitrogen and oxygen atoms in total. The van der Waals surface area contributed by atoms with Crippen LogP contribution in [0.5, 0.6) is 0 Å². The minimum absolute atomic E-state index is 0.00374. The fourth-order valence-corrected chi connectivity index (χ4v) is 1.85. The quantitative estimate of drug-likeness (QED) is 0.647. The molecule has 1 aromatic carbocycles. The van der Waals surface area contributed by atoms with Gasteiger partial charge in [0, 0.05) is 27.1 Å². The summed E-state index contributed by atoms with van der Waals surface area (Å²) in [5.74, 6) is -0.276. The lowest BCUT2D eigenvalue weighted by Crippen LogP contribution is -2.41. The van der Waals surface area contributed by atoms with Crippen molar-refractivity contribution >= 4 is 17.3 Å². The zero-order valence-corrected chi connectivity index (χ0v) is 8.83. The first-order valence-electron chi connectivity index (χ1n) is 4.88. The van der Waals surface area contributed by atoms with E-state index in [1.807, 2.05) is 11.9 Å². The van der Waals surface area contributed by atoms with Gasteiger partial charge in [0.2, 0.25) is 5.91 Å². The minimum Gasteiger partial charge on any atom is -0.371 e. The summed E-state index contributed by atoms with van der Waals surface area (Å²) in [6.07, 6.45) is 0. The molecule has 1 aliphatic rings. The third-order valence-corrected chi connectivity index (χ3v) is 2.68. The molecule has 80 valence electrons. The van der Waals surface area contributed by atoms with Gasteiger partial charge in [0.05, 0.1) is 11.4 Å². The van der Waals surface area contributed by atoms with Gasteiger partial charge in [-0.05, 0) is 18.2 Å². The van der Waals surface area contributed by atoms with Gasteiger partial charge in [-0.1, -0.05) is 0 Å². The third-order valence-electron chi connectivity index (χ3n) is 2.68. The second kappa shape index (κ2) is 3.53. The number of anilines is 2. The molecule has 0 radical (unpaired) electrons. The topological polar surface area (TPSA) is 23.6 Å². The molecule has 0 saturated heterocycles. The van der Waals surface area contributed by atoms with Crippen LogP contribution in [0, 0.1) is 5.82 Å². The maximum atomic E-state index is 13.1. The highest BCUT2D eigenvalue weighted by Crippen LogP contribution is 2.32. The van der Waals surface area contributed by atoms with Gasteiger partial charge in [-0.2, -0.15) is 0 Å². The molecule has 1 heterocycles. The van der Waals surface area contributed by atoms with Gasteiger partial charge in [-0.25, -0.2) is 4.39 Å². The van der Waals surface area contributed by atoms with Crippen molar-refractivity contribution in [1.82, 2.24) is 0 Å². The van der Waals surface area contributed by atoms with Crippen molar-refractivity contribution in [3.05, 3.63) is 24.0 Å². The van der Waals surface area contributed by atoms with Crippen molar-refractivity contribution in [2.45, 2.75) is 6.92 Å². The molecule has 1 aromatic rings. The standard InChI is InChI=1S/C11H13FN2O/c1-8(15)14-6-5-13(2)11-7-9(12)3-4-10(11)14/h3-4,7H,5-6H2,1-2H3. The number of nitrogens with zero attached hydrogens (tertiary/aromatic N) is 2. The Kier molecular flexibility index (Phi) is 2.34. The van der Waals surface area contributed by atoms with Crippen molar-refractivity contribution in [3.63, 3.8) is 0 Å². The highest BCUT2D eigenvalue weighted by Gasteiger charge is 2.22. The van der Waals surface area contributed by atoms with E-state index in [1.165, 1.54) is 19.1 Å². The van der Waals surface area contributed by atoms with Crippen molar-refractivity contribution < 1.29 is 9.18 Å². The van der Waals surface area contributed by atoms with Crippen molar-refractivity contribution in [2.75, 3.05) is 29.9 Å². The molecule has 0 N–H and O–H groups in total. The monoisotopic (exact) mass is 208 g/mol. The Labute approximate surface area is 88.1 Å². The van der Waals surface area contributed by atoms with Gasteiger partial charge < -0.3 is 9.80 Å². The van der Waals surface area contributed by atoms with Crippen LogP contribution in [0.15, 0.2) is 18.2 Å². The number of amides is 1. The summed E-state index contributed by atoms with van der Waals surface area (Å²) in [5.41, 5.74) is 1.56. The van der Waals surface area contributed by atoms with Gasteiger partial charge in [0.1, 0.15) is 5.82 Å². The molecule has 0 atom stereocenters. The number of benzene rings is 1. The van der Waals surface area contributed by atoms with Crippen LogP contribution < -0.4 is 9.80 Å². The van der Waals surface area contributed by atoms with Crippen molar-refractivity contribution in [1.29, 1.82) is 0 Å². The number of carbonyl (C=O) groups excluding carboxylic acids is 1. The smallest absolute Gasteiger partial charge is 0.223 e. The van der Waals surface area contributed by atoms with Crippen molar-refractivity contribution in [3.8, 4) is 0 Å². The molecule has 15 heavy (non-hydrogen) atoms. The maximum Gasteiger partial charge on any atom is 0.223 e. The van der Waals surface area contributed by atoms with Crippen LogP contribution in [-0.4, -0.2) is 26.0 Å². The Morgan fingerprint density at radius 1 is 1.33 bits per heavy atom. The Balaban J connectivity index is 2.50. The lowest BCUT2D eigenvalue weighted by Gasteiger charge is -2.35. The fraction of sp³-hybridized carbons (Fsp3) is 0.364. The third kappa shape index (κ3) is 1.67. The Hall–Kier alpha value is -1.58. The maximum absolute atomic E-state index is 13.1. The predicted molar refractivity (Wildman–Crippen MR) is 57.7 cm³/mol. The molecule has 0 aromatic heterocycles. The largest absolute Gasteiger partial charge is 0.371 e. The molecule has 1 amide bonds. The minimum atomic E-state index is -0.272. The molecule has 2 rings (SSSR count). The second-order valence-electron chi connectivity index (χ2n) is 3.73. The van der Waals surface area contributed by atoms with E-state index < -0.39 is 0 Å². The molecule has 0 fully saturated rings. The number of rotatable bonds is 0. The predicted octanol–water partition coefficient (Wildman–Crippen LogP) is 1.63. The Morgan fingerprint density at radius 2 is 2.07 bits per heavy atom. The zero-order chi connectivity index (χ0) is 11.0. The molecule has 0 aliphatic carbocycles. The summed E-state index contributed by atoms with van der Waals surface area (Å²) >= 11 is 0. The molecule has 0 bridgehead atoms. The summed E-state index contributed by atoms with van der Waals surface area (Å²) in [4.78, 5) is 15.0. The zero-order valence-electron chi connectivity index (χ0n) is 8.83. The van der Waals surface area contributed by atoms with E-state index in [0.29, 0.717) is 6.54 Å². The van der Waals surface area contributed by atoms with E-state index in [9.17, 15) is 9.18 Å². The van der Waals surface area contributed by atoms with Crippen LogP contribution in [0.2, 0.25) is 0 Å². The number of likely N-dealkylation sites (N-methyl/N-ethyl adjacent to an activating group) is 1. The molecule has 0 spiro atoms. The van der Waals surface area contributed by atoms with E-state index >= 15 is 0 Å². The first-order valence-corrected chi connectivity index (χ1v) is 4.88. The highest BCUT2D eigenvalue weighted by atomic mass is 19.1. The van der Waals surface area contributed by atoms with E-state index in [-0.39, 0.29) is 11.7 Å². The van der Waals surface area contributed by atoms with Crippen LogP contribution in [-0.2, 0) is 4.79 Å². The van der Waals surface area contributed by atoms with E-state index in [2.05, 4.69) is 0 Å².